The SMILES string of the molecule is CN=C(N)SCCCN. The van der Waals surface area contributed by atoms with Crippen molar-refractivity contribution in [2.45, 2.75) is 6.42 Å². The van der Waals surface area contributed by atoms with Crippen LogP contribution in [-0.4, -0.2) is 24.5 Å². The van der Waals surface area contributed by atoms with Crippen LogP contribution >= 0.6 is 11.8 Å². The number of aliphatic imine (C=N–C) groups is 1. The molecule has 3 nitrogen and oxygen atoms in total. The van der Waals surface area contributed by atoms with E-state index in [9.17, 15) is 0 Å². The first kappa shape index (κ1) is 8.78. The fourth-order valence-corrected chi connectivity index (χ4v) is 0.974. The summed E-state index contributed by atoms with van der Waals surface area (Å²) < 4.78 is 0. The maximum atomic E-state index is 5.39. The van der Waals surface area contributed by atoms with E-state index in [2.05, 4.69) is 4.99 Å². The van der Waals surface area contributed by atoms with Crippen LogP contribution in [0, 0.1) is 0 Å². The maximum absolute atomic E-state index is 5.39. The molecule has 0 aliphatic rings. The lowest BCUT2D eigenvalue weighted by atomic mass is 10.5. The van der Waals surface area contributed by atoms with Crippen molar-refractivity contribution >= 4 is 16.9 Å². The van der Waals surface area contributed by atoms with E-state index in [1.807, 2.05) is 0 Å². The Balaban J connectivity index is 3.07. The Morgan fingerprint density at radius 2 is 2.33 bits per heavy atom. The van der Waals surface area contributed by atoms with Gasteiger partial charge in [0.2, 0.25) is 0 Å². The van der Waals surface area contributed by atoms with Gasteiger partial charge in [0.1, 0.15) is 0 Å². The summed E-state index contributed by atoms with van der Waals surface area (Å²) in [5, 5.41) is 0.642. The Labute approximate surface area is 59.9 Å². The van der Waals surface area contributed by atoms with Crippen LogP contribution in [0.25, 0.3) is 0 Å². The van der Waals surface area contributed by atoms with Gasteiger partial charge in [0.15, 0.2) is 5.17 Å². The molecule has 0 aromatic carbocycles. The third-order valence-electron chi connectivity index (χ3n) is 0.819. The Hall–Kier alpha value is -0.220. The Bertz CT molecular complexity index is 92.2. The largest absolute Gasteiger partial charge is 0.379 e. The monoisotopic (exact) mass is 147 g/mol. The van der Waals surface area contributed by atoms with E-state index >= 15 is 0 Å². The van der Waals surface area contributed by atoms with Crippen molar-refractivity contribution in [3.05, 3.63) is 0 Å². The molecule has 0 bridgehead atoms. The fourth-order valence-electron chi connectivity index (χ4n) is 0.325. The van der Waals surface area contributed by atoms with Gasteiger partial charge >= 0.3 is 0 Å². The van der Waals surface area contributed by atoms with Crippen LogP contribution in [-0.2, 0) is 0 Å². The summed E-state index contributed by atoms with van der Waals surface area (Å²) in [7, 11) is 1.69. The van der Waals surface area contributed by atoms with E-state index in [1.54, 1.807) is 18.8 Å². The highest BCUT2D eigenvalue weighted by molar-refractivity contribution is 8.13. The van der Waals surface area contributed by atoms with Crippen LogP contribution in [0.3, 0.4) is 0 Å². The molecule has 0 radical (unpaired) electrons. The molecule has 0 unspecified atom stereocenters. The minimum Gasteiger partial charge on any atom is -0.379 e. The zero-order valence-electron chi connectivity index (χ0n) is 5.63. The van der Waals surface area contributed by atoms with Gasteiger partial charge in [0.05, 0.1) is 0 Å². The van der Waals surface area contributed by atoms with E-state index in [0.717, 1.165) is 18.7 Å². The predicted octanol–water partition coefficient (Wildman–Crippen LogP) is 0.0129. The van der Waals surface area contributed by atoms with E-state index in [-0.39, 0.29) is 0 Å². The van der Waals surface area contributed by atoms with Gasteiger partial charge in [-0.15, -0.1) is 0 Å². The highest BCUT2D eigenvalue weighted by Gasteiger charge is 1.89. The molecule has 0 aromatic rings. The normalized spacial score (nSPS) is 12.0. The smallest absolute Gasteiger partial charge is 0.153 e. The van der Waals surface area contributed by atoms with Crippen molar-refractivity contribution in [3.8, 4) is 0 Å². The summed E-state index contributed by atoms with van der Waals surface area (Å²) in [5.41, 5.74) is 10.6. The fraction of sp³-hybridized carbons (Fsp3) is 0.800. The molecule has 0 fully saturated rings. The first-order valence-electron chi connectivity index (χ1n) is 2.86. The third kappa shape index (κ3) is 5.65. The van der Waals surface area contributed by atoms with Crippen LogP contribution in [0.2, 0.25) is 0 Å². The van der Waals surface area contributed by atoms with Crippen molar-refractivity contribution in [3.63, 3.8) is 0 Å². The second-order valence-corrected chi connectivity index (χ2v) is 2.67. The summed E-state index contributed by atoms with van der Waals surface area (Å²) in [6.07, 6.45) is 1.00. The topological polar surface area (TPSA) is 64.4 Å². The van der Waals surface area contributed by atoms with E-state index in [0.29, 0.717) is 5.17 Å². The molecular formula is C5H13N3S. The van der Waals surface area contributed by atoms with Crippen molar-refractivity contribution in [1.82, 2.24) is 0 Å². The molecule has 0 atom stereocenters. The van der Waals surface area contributed by atoms with Gasteiger partial charge < -0.3 is 11.5 Å². The van der Waals surface area contributed by atoms with E-state index in [4.69, 9.17) is 11.5 Å². The molecule has 0 saturated heterocycles. The first-order valence-corrected chi connectivity index (χ1v) is 3.85. The number of nitrogens with zero attached hydrogens (tertiary/aromatic N) is 1. The van der Waals surface area contributed by atoms with Gasteiger partial charge in [-0.3, -0.25) is 4.99 Å². The molecule has 54 valence electrons. The van der Waals surface area contributed by atoms with Crippen LogP contribution < -0.4 is 11.5 Å². The molecule has 9 heavy (non-hydrogen) atoms. The van der Waals surface area contributed by atoms with Gasteiger partial charge in [0.25, 0.3) is 0 Å². The van der Waals surface area contributed by atoms with Gasteiger partial charge in [-0.1, -0.05) is 11.8 Å². The standard InChI is InChI=1S/C5H13N3S/c1-8-5(7)9-4-2-3-6/h2-4,6H2,1H3,(H2,7,8). The molecular weight excluding hydrogens is 134 g/mol. The van der Waals surface area contributed by atoms with Gasteiger partial charge in [0, 0.05) is 12.8 Å². The van der Waals surface area contributed by atoms with Gasteiger partial charge in [-0.25, -0.2) is 0 Å². The molecule has 0 spiro atoms. The van der Waals surface area contributed by atoms with Gasteiger partial charge in [-0.05, 0) is 13.0 Å². The minimum absolute atomic E-state index is 0.642. The Kier molecular flexibility index (Phi) is 5.76. The molecule has 4 N–H and O–H groups in total. The van der Waals surface area contributed by atoms with E-state index in [1.165, 1.54) is 0 Å². The summed E-state index contributed by atoms with van der Waals surface area (Å²) in [4.78, 5) is 3.78. The number of hydrogen-bond donors (Lipinski definition) is 2. The summed E-state index contributed by atoms with van der Waals surface area (Å²) in [6.45, 7) is 0.726. The zero-order chi connectivity index (χ0) is 7.11. The lowest BCUT2D eigenvalue weighted by molar-refractivity contribution is 0.945. The lowest BCUT2D eigenvalue weighted by Gasteiger charge is -1.95. The van der Waals surface area contributed by atoms with Crippen molar-refractivity contribution in [2.75, 3.05) is 19.3 Å². The van der Waals surface area contributed by atoms with Gasteiger partial charge in [-0.2, -0.15) is 0 Å². The second-order valence-electron chi connectivity index (χ2n) is 1.55. The average Bonchev–Trinajstić information content (AvgIpc) is 1.89. The number of nitrogens with two attached hydrogens (primary N) is 2. The van der Waals surface area contributed by atoms with Crippen molar-refractivity contribution < 1.29 is 0 Å². The number of rotatable bonds is 3. The van der Waals surface area contributed by atoms with Crippen LogP contribution in [0.15, 0.2) is 4.99 Å². The Morgan fingerprint density at radius 3 is 2.78 bits per heavy atom. The van der Waals surface area contributed by atoms with E-state index < -0.39 is 0 Å². The molecule has 0 aliphatic carbocycles. The van der Waals surface area contributed by atoms with Crippen molar-refractivity contribution in [1.29, 1.82) is 0 Å². The third-order valence-corrected chi connectivity index (χ3v) is 1.79. The maximum Gasteiger partial charge on any atom is 0.153 e. The second kappa shape index (κ2) is 5.91. The summed E-state index contributed by atoms with van der Waals surface area (Å²) >= 11 is 1.55. The number of amidine groups is 1. The highest BCUT2D eigenvalue weighted by Crippen LogP contribution is 1.99. The van der Waals surface area contributed by atoms with Crippen LogP contribution in [0.5, 0.6) is 0 Å². The molecule has 0 rings (SSSR count). The molecule has 0 aliphatic heterocycles. The quantitative estimate of drug-likeness (QED) is 0.336. The van der Waals surface area contributed by atoms with Crippen LogP contribution in [0.4, 0.5) is 0 Å². The lowest BCUT2D eigenvalue weighted by Crippen LogP contribution is -2.08. The van der Waals surface area contributed by atoms with Crippen LogP contribution in [0.1, 0.15) is 6.42 Å². The summed E-state index contributed by atoms with van der Waals surface area (Å²) in [6, 6.07) is 0. The molecule has 0 amide bonds. The summed E-state index contributed by atoms with van der Waals surface area (Å²) in [5.74, 6) is 0.972. The molecule has 0 aromatic heterocycles. The number of thioether (sulfide) groups is 1. The zero-order valence-corrected chi connectivity index (χ0v) is 6.45. The highest BCUT2D eigenvalue weighted by atomic mass is 32.2. The predicted molar refractivity (Wildman–Crippen MR) is 43.7 cm³/mol. The number of hydrogen-bond acceptors (Lipinski definition) is 3. The first-order chi connectivity index (χ1) is 4.31. The Morgan fingerprint density at radius 1 is 1.67 bits per heavy atom. The molecule has 0 saturated carbocycles. The van der Waals surface area contributed by atoms with Crippen molar-refractivity contribution in [2.24, 2.45) is 16.5 Å². The molecule has 4 heteroatoms. The average molecular weight is 147 g/mol. The molecule has 0 heterocycles. The minimum atomic E-state index is 0.642.